The molecule has 206 valence electrons. The van der Waals surface area contributed by atoms with E-state index in [2.05, 4.69) is 23.2 Å². The summed E-state index contributed by atoms with van der Waals surface area (Å²) in [5.41, 5.74) is 4.59. The number of methoxy groups -OCH3 is 1. The van der Waals surface area contributed by atoms with Gasteiger partial charge in [-0.2, -0.15) is 0 Å². The smallest absolute Gasteiger partial charge is 0.410 e. The summed E-state index contributed by atoms with van der Waals surface area (Å²) in [4.78, 5) is 30.8. The van der Waals surface area contributed by atoms with Crippen molar-refractivity contribution in [1.29, 1.82) is 0 Å². The first-order chi connectivity index (χ1) is 18.4. The quantitative estimate of drug-likeness (QED) is 0.263. The zero-order valence-corrected chi connectivity index (χ0v) is 23.9. The number of pyridine rings is 1. The number of aromatic nitrogens is 1. The van der Waals surface area contributed by atoms with Crippen molar-refractivity contribution in [3.05, 3.63) is 87.2 Å². The Morgan fingerprint density at radius 3 is 2.41 bits per heavy atom. The maximum Gasteiger partial charge on any atom is 0.410 e. The summed E-state index contributed by atoms with van der Waals surface area (Å²) < 4.78 is 10.5. The van der Waals surface area contributed by atoms with Crippen LogP contribution in [0, 0.1) is 0 Å². The van der Waals surface area contributed by atoms with E-state index >= 15 is 0 Å². The number of amides is 1. The highest BCUT2D eigenvalue weighted by Crippen LogP contribution is 2.32. The van der Waals surface area contributed by atoms with Gasteiger partial charge in [-0.3, -0.25) is 0 Å². The summed E-state index contributed by atoms with van der Waals surface area (Å²) in [5.74, 6) is -0.379. The van der Waals surface area contributed by atoms with Crippen LogP contribution in [0.3, 0.4) is 0 Å². The molecule has 1 heterocycles. The second kappa shape index (κ2) is 11.9. The molecule has 1 N–H and O–H groups in total. The molecule has 1 aliphatic rings. The summed E-state index contributed by atoms with van der Waals surface area (Å²) in [6.45, 7) is 5.46. The molecule has 39 heavy (non-hydrogen) atoms. The van der Waals surface area contributed by atoms with Crippen LogP contribution in [0.2, 0.25) is 10.2 Å². The Morgan fingerprint density at radius 2 is 1.77 bits per heavy atom. The van der Waals surface area contributed by atoms with Crippen molar-refractivity contribution in [3.8, 4) is 11.1 Å². The molecule has 7 nitrogen and oxygen atoms in total. The number of ether oxygens (including phenoxy) is 2. The highest BCUT2D eigenvalue weighted by Gasteiger charge is 2.33. The van der Waals surface area contributed by atoms with Gasteiger partial charge in [0.05, 0.1) is 30.3 Å². The third-order valence-electron chi connectivity index (χ3n) is 6.69. The summed E-state index contributed by atoms with van der Waals surface area (Å²) in [5, 5.41) is 11.4. The molecule has 4 rings (SSSR count). The number of aryl methyl sites for hydroxylation is 1. The lowest BCUT2D eigenvalue weighted by Crippen LogP contribution is -2.47. The van der Waals surface area contributed by atoms with Gasteiger partial charge >= 0.3 is 12.1 Å². The number of carbonyl (C=O) groups excluding carboxylic acids is 2. The minimum Gasteiger partial charge on any atom is -0.465 e. The maximum absolute atomic E-state index is 13.4. The van der Waals surface area contributed by atoms with Crippen LogP contribution in [0.4, 0.5) is 4.79 Å². The first-order valence-corrected chi connectivity index (χ1v) is 13.5. The SMILES string of the molecule is COC(=O)c1ccc(-c2ccc3c(c2)C[C@@H](N(C[C@@H](O)c2cnc(Cl)c(Cl)c2)C(=O)OC(C)(C)C)CC3)cc1. The predicted octanol–water partition coefficient (Wildman–Crippen LogP) is 6.67. The zero-order valence-electron chi connectivity index (χ0n) is 22.4. The number of halogens is 2. The third kappa shape index (κ3) is 7.10. The Morgan fingerprint density at radius 1 is 1.08 bits per heavy atom. The number of fused-ring (bicyclic) bond motifs is 1. The molecule has 1 aromatic heterocycles. The predicted molar refractivity (Wildman–Crippen MR) is 151 cm³/mol. The number of rotatable bonds is 6. The maximum atomic E-state index is 13.4. The number of hydrogen-bond donors (Lipinski definition) is 1. The van der Waals surface area contributed by atoms with Crippen molar-refractivity contribution >= 4 is 35.3 Å². The molecular formula is C30H32Cl2N2O5. The van der Waals surface area contributed by atoms with Gasteiger partial charge in [-0.05, 0) is 80.5 Å². The minimum absolute atomic E-state index is 0.0171. The summed E-state index contributed by atoms with van der Waals surface area (Å²) in [6, 6.07) is 15.0. The molecule has 1 amide bonds. The van der Waals surface area contributed by atoms with Crippen LogP contribution in [-0.2, 0) is 22.3 Å². The van der Waals surface area contributed by atoms with E-state index in [9.17, 15) is 14.7 Å². The van der Waals surface area contributed by atoms with E-state index in [-0.39, 0.29) is 28.7 Å². The monoisotopic (exact) mass is 570 g/mol. The van der Waals surface area contributed by atoms with Gasteiger partial charge in [0, 0.05) is 17.8 Å². The lowest BCUT2D eigenvalue weighted by atomic mass is 9.85. The average Bonchev–Trinajstić information content (AvgIpc) is 2.91. The number of carbonyl (C=O) groups is 2. The highest BCUT2D eigenvalue weighted by molar-refractivity contribution is 6.41. The van der Waals surface area contributed by atoms with Crippen molar-refractivity contribution in [1.82, 2.24) is 9.88 Å². The Bertz CT molecular complexity index is 1350. The fraction of sp³-hybridized carbons (Fsp3) is 0.367. The van der Waals surface area contributed by atoms with E-state index in [1.54, 1.807) is 23.1 Å². The number of benzene rings is 2. The molecule has 2 aromatic carbocycles. The van der Waals surface area contributed by atoms with Gasteiger partial charge in [0.25, 0.3) is 0 Å². The van der Waals surface area contributed by atoms with E-state index in [4.69, 9.17) is 32.7 Å². The van der Waals surface area contributed by atoms with Gasteiger partial charge in [0.15, 0.2) is 0 Å². The molecule has 0 saturated carbocycles. The van der Waals surface area contributed by atoms with Gasteiger partial charge in [0.1, 0.15) is 10.8 Å². The molecule has 0 radical (unpaired) electrons. The van der Waals surface area contributed by atoms with Crippen LogP contribution in [0.15, 0.2) is 54.7 Å². The normalized spacial score (nSPS) is 15.7. The van der Waals surface area contributed by atoms with Gasteiger partial charge in [-0.1, -0.05) is 53.5 Å². The Kier molecular flexibility index (Phi) is 8.84. The fourth-order valence-electron chi connectivity index (χ4n) is 4.70. The van der Waals surface area contributed by atoms with Crippen molar-refractivity contribution in [2.75, 3.05) is 13.7 Å². The molecule has 3 aromatic rings. The lowest BCUT2D eigenvalue weighted by Gasteiger charge is -2.37. The first-order valence-electron chi connectivity index (χ1n) is 12.7. The van der Waals surface area contributed by atoms with Crippen LogP contribution >= 0.6 is 23.2 Å². The van der Waals surface area contributed by atoms with Crippen molar-refractivity contribution in [2.24, 2.45) is 0 Å². The number of esters is 1. The fourth-order valence-corrected chi connectivity index (χ4v) is 4.98. The van der Waals surface area contributed by atoms with E-state index < -0.39 is 17.8 Å². The average molecular weight is 572 g/mol. The van der Waals surface area contributed by atoms with E-state index in [1.807, 2.05) is 32.9 Å². The summed E-state index contributed by atoms with van der Waals surface area (Å²) in [6.07, 6.45) is 2.06. The third-order valence-corrected chi connectivity index (χ3v) is 7.37. The Hall–Kier alpha value is -3.13. The number of aliphatic hydroxyl groups is 1. The van der Waals surface area contributed by atoms with Crippen LogP contribution in [0.5, 0.6) is 0 Å². The molecule has 1 aliphatic carbocycles. The van der Waals surface area contributed by atoms with Gasteiger partial charge in [-0.25, -0.2) is 14.6 Å². The molecule has 0 fully saturated rings. The number of nitrogens with zero attached hydrogens (tertiary/aromatic N) is 2. The van der Waals surface area contributed by atoms with Crippen LogP contribution in [0.25, 0.3) is 11.1 Å². The first kappa shape index (κ1) is 28.9. The summed E-state index contributed by atoms with van der Waals surface area (Å²) >= 11 is 12.1. The molecule has 0 aliphatic heterocycles. The van der Waals surface area contributed by atoms with Crippen molar-refractivity contribution in [2.45, 2.75) is 57.8 Å². The van der Waals surface area contributed by atoms with Gasteiger partial charge in [0.2, 0.25) is 0 Å². The standard InChI is InChI=1S/C30H32Cl2N2O5/c1-30(2,3)39-29(37)34(17-26(35)23-15-25(31)27(32)33-16-23)24-12-11-19-7-10-21(13-22(19)14-24)18-5-8-20(9-6-18)28(36)38-4/h5-10,13,15-16,24,26,35H,11-12,14,17H2,1-4H3/t24-,26+/m0/s1. The lowest BCUT2D eigenvalue weighted by molar-refractivity contribution is 0.00191. The molecular weight excluding hydrogens is 539 g/mol. The van der Waals surface area contributed by atoms with E-state index in [0.717, 1.165) is 29.5 Å². The second-order valence-electron chi connectivity index (χ2n) is 10.6. The Balaban J connectivity index is 1.59. The van der Waals surface area contributed by atoms with E-state index in [0.29, 0.717) is 17.5 Å². The molecule has 0 saturated heterocycles. The summed E-state index contributed by atoms with van der Waals surface area (Å²) in [7, 11) is 1.36. The molecule has 9 heteroatoms. The minimum atomic E-state index is -1.03. The van der Waals surface area contributed by atoms with Gasteiger partial charge < -0.3 is 19.5 Å². The topological polar surface area (TPSA) is 89.0 Å². The molecule has 2 atom stereocenters. The van der Waals surface area contributed by atoms with Crippen LogP contribution < -0.4 is 0 Å². The molecule has 0 spiro atoms. The molecule has 0 bridgehead atoms. The van der Waals surface area contributed by atoms with E-state index in [1.165, 1.54) is 18.9 Å². The van der Waals surface area contributed by atoms with Gasteiger partial charge in [-0.15, -0.1) is 0 Å². The highest BCUT2D eigenvalue weighted by atomic mass is 35.5. The van der Waals surface area contributed by atoms with Crippen molar-refractivity contribution in [3.63, 3.8) is 0 Å². The number of aliphatic hydroxyl groups excluding tert-OH is 1. The zero-order chi connectivity index (χ0) is 28.3. The second-order valence-corrected chi connectivity index (χ2v) is 11.4. The molecule has 0 unspecified atom stereocenters. The van der Waals surface area contributed by atoms with Crippen LogP contribution in [-0.4, -0.2) is 52.4 Å². The Labute approximate surface area is 238 Å². The number of hydrogen-bond acceptors (Lipinski definition) is 6. The largest absolute Gasteiger partial charge is 0.465 e. The van der Waals surface area contributed by atoms with Crippen LogP contribution in [0.1, 0.15) is 60.3 Å². The van der Waals surface area contributed by atoms with Crippen molar-refractivity contribution < 1.29 is 24.2 Å².